The Morgan fingerprint density at radius 2 is 2.12 bits per heavy atom. The number of nitrogens with two attached hydrogens (primary N) is 1. The van der Waals surface area contributed by atoms with Crippen molar-refractivity contribution in [1.82, 2.24) is 5.32 Å². The number of ether oxygens (including phenoxy) is 1. The molecule has 0 heterocycles. The van der Waals surface area contributed by atoms with Crippen molar-refractivity contribution in [1.29, 1.82) is 0 Å². The van der Waals surface area contributed by atoms with Crippen molar-refractivity contribution in [2.24, 2.45) is 11.7 Å². The molecule has 1 rings (SSSR count). The van der Waals surface area contributed by atoms with Crippen molar-refractivity contribution in [3.8, 4) is 0 Å². The van der Waals surface area contributed by atoms with Gasteiger partial charge in [-0.1, -0.05) is 0 Å². The predicted molar refractivity (Wildman–Crippen MR) is 65.6 cm³/mol. The Morgan fingerprint density at radius 1 is 1.53 bits per heavy atom. The zero-order valence-electron chi connectivity index (χ0n) is 10.9. The maximum Gasteiger partial charge on any atom is 0.407 e. The number of amides is 1. The summed E-state index contributed by atoms with van der Waals surface area (Å²) in [6.45, 7) is 5.56. The molecule has 100 valence electrons. The highest BCUT2D eigenvalue weighted by molar-refractivity contribution is 5.68. The molecule has 0 aromatic carbocycles. The second kappa shape index (κ2) is 5.69. The minimum absolute atomic E-state index is 0.0284. The first-order chi connectivity index (χ1) is 7.80. The van der Waals surface area contributed by atoms with Crippen LogP contribution in [0.5, 0.6) is 0 Å². The number of carbonyl (C=O) groups excluding carboxylic acids is 1. The molecule has 1 fully saturated rings. The maximum absolute atomic E-state index is 11.4. The average Bonchev–Trinajstić information content (AvgIpc) is 2.11. The summed E-state index contributed by atoms with van der Waals surface area (Å²) >= 11 is 0. The van der Waals surface area contributed by atoms with E-state index in [0.29, 0.717) is 5.92 Å². The van der Waals surface area contributed by atoms with Crippen LogP contribution in [-0.4, -0.2) is 35.5 Å². The van der Waals surface area contributed by atoms with E-state index in [4.69, 9.17) is 15.6 Å². The van der Waals surface area contributed by atoms with E-state index in [1.165, 1.54) is 0 Å². The van der Waals surface area contributed by atoms with Crippen LogP contribution >= 0.6 is 0 Å². The lowest BCUT2D eigenvalue weighted by molar-refractivity contribution is 0.0444. The van der Waals surface area contributed by atoms with Crippen LogP contribution in [0.1, 0.15) is 40.0 Å². The van der Waals surface area contributed by atoms with Gasteiger partial charge >= 0.3 is 6.09 Å². The van der Waals surface area contributed by atoms with E-state index in [2.05, 4.69) is 5.32 Å². The molecule has 5 heteroatoms. The molecule has 1 saturated carbocycles. The maximum atomic E-state index is 11.4. The molecule has 1 atom stereocenters. The van der Waals surface area contributed by atoms with Crippen molar-refractivity contribution in [2.45, 2.75) is 57.7 Å². The molecule has 0 spiro atoms. The van der Waals surface area contributed by atoms with Gasteiger partial charge < -0.3 is 20.9 Å². The van der Waals surface area contributed by atoms with Crippen LogP contribution in [0.3, 0.4) is 0 Å². The highest BCUT2D eigenvalue weighted by Crippen LogP contribution is 2.31. The van der Waals surface area contributed by atoms with E-state index in [1.807, 2.05) is 20.8 Å². The molecule has 0 aromatic heterocycles. The number of hydrogen-bond acceptors (Lipinski definition) is 4. The molecule has 0 aromatic rings. The summed E-state index contributed by atoms with van der Waals surface area (Å²) < 4.78 is 5.17. The second-order valence-corrected chi connectivity index (χ2v) is 5.86. The largest absolute Gasteiger partial charge is 0.444 e. The number of aliphatic hydroxyl groups is 1. The third kappa shape index (κ3) is 5.37. The van der Waals surface area contributed by atoms with Gasteiger partial charge in [-0.2, -0.15) is 0 Å². The van der Waals surface area contributed by atoms with Crippen LogP contribution in [-0.2, 0) is 4.74 Å². The monoisotopic (exact) mass is 244 g/mol. The van der Waals surface area contributed by atoms with Crippen LogP contribution < -0.4 is 11.1 Å². The Hall–Kier alpha value is -0.810. The first kappa shape index (κ1) is 14.3. The normalized spacial score (nSPS) is 25.9. The van der Waals surface area contributed by atoms with E-state index in [0.717, 1.165) is 19.3 Å². The molecule has 4 N–H and O–H groups in total. The summed E-state index contributed by atoms with van der Waals surface area (Å²) in [7, 11) is 0. The zero-order chi connectivity index (χ0) is 13.1. The Labute approximate surface area is 103 Å². The molecule has 1 aliphatic carbocycles. The second-order valence-electron chi connectivity index (χ2n) is 5.86. The summed E-state index contributed by atoms with van der Waals surface area (Å²) in [6.07, 6.45) is 2.32. The molecule has 1 aliphatic rings. The number of aliphatic hydroxyl groups excluding tert-OH is 1. The van der Waals surface area contributed by atoms with E-state index >= 15 is 0 Å². The van der Waals surface area contributed by atoms with Gasteiger partial charge in [-0.05, 0) is 46.0 Å². The van der Waals surface area contributed by atoms with Gasteiger partial charge in [0, 0.05) is 12.1 Å². The first-order valence-corrected chi connectivity index (χ1v) is 6.16. The fourth-order valence-corrected chi connectivity index (χ4v) is 2.02. The highest BCUT2D eigenvalue weighted by Gasteiger charge is 2.32. The van der Waals surface area contributed by atoms with Crippen molar-refractivity contribution < 1.29 is 14.6 Å². The number of hydrogen-bond donors (Lipinski definition) is 3. The molecule has 1 amide bonds. The van der Waals surface area contributed by atoms with Gasteiger partial charge in [0.15, 0.2) is 0 Å². The van der Waals surface area contributed by atoms with E-state index in [9.17, 15) is 4.79 Å². The molecule has 0 radical (unpaired) electrons. The molecule has 17 heavy (non-hydrogen) atoms. The van der Waals surface area contributed by atoms with Crippen molar-refractivity contribution in [2.75, 3.05) is 6.61 Å². The number of carbonyl (C=O) groups is 1. The van der Waals surface area contributed by atoms with Crippen molar-refractivity contribution >= 4 is 6.09 Å². The Bertz CT molecular complexity index is 257. The van der Waals surface area contributed by atoms with Crippen molar-refractivity contribution in [3.05, 3.63) is 0 Å². The zero-order valence-corrected chi connectivity index (χ0v) is 10.9. The van der Waals surface area contributed by atoms with E-state index in [-0.39, 0.29) is 24.8 Å². The molecule has 0 bridgehead atoms. The van der Waals surface area contributed by atoms with Gasteiger partial charge in [0.2, 0.25) is 0 Å². The van der Waals surface area contributed by atoms with Gasteiger partial charge in [0.1, 0.15) is 5.60 Å². The van der Waals surface area contributed by atoms with Gasteiger partial charge in [-0.15, -0.1) is 0 Å². The Balaban J connectivity index is 2.15. The number of rotatable bonds is 4. The van der Waals surface area contributed by atoms with Crippen LogP contribution in [0.15, 0.2) is 0 Å². The fraction of sp³-hybridized carbons (Fsp3) is 0.917. The molecule has 0 saturated heterocycles. The highest BCUT2D eigenvalue weighted by atomic mass is 16.6. The third-order valence-electron chi connectivity index (χ3n) is 2.83. The Kier molecular flexibility index (Phi) is 4.77. The summed E-state index contributed by atoms with van der Waals surface area (Å²) in [5, 5.41) is 11.7. The molecule has 1 unspecified atom stereocenters. The number of nitrogens with one attached hydrogen (secondary N) is 1. The minimum Gasteiger partial charge on any atom is -0.444 e. The molecule has 5 nitrogen and oxygen atoms in total. The lowest BCUT2D eigenvalue weighted by Gasteiger charge is -2.37. The van der Waals surface area contributed by atoms with Gasteiger partial charge in [-0.3, -0.25) is 0 Å². The van der Waals surface area contributed by atoms with Gasteiger partial charge in [0.25, 0.3) is 0 Å². The molecular weight excluding hydrogens is 220 g/mol. The third-order valence-corrected chi connectivity index (χ3v) is 2.83. The standard InChI is InChI=1S/C12H24N2O3/c1-12(2,3)17-11(16)14-10-5-8(6-10)4-9(13)7-15/h8-10,15H,4-7,13H2,1-3H3,(H,14,16). The molecular formula is C12H24N2O3. The summed E-state index contributed by atoms with van der Waals surface area (Å²) in [4.78, 5) is 11.4. The van der Waals surface area contributed by atoms with Gasteiger partial charge in [-0.25, -0.2) is 4.79 Å². The quantitative estimate of drug-likeness (QED) is 0.688. The summed E-state index contributed by atoms with van der Waals surface area (Å²) in [5.41, 5.74) is 5.20. The SMILES string of the molecule is CC(C)(C)OC(=O)NC1CC(CC(N)CO)C1. The van der Waals surface area contributed by atoms with E-state index < -0.39 is 5.60 Å². The van der Waals surface area contributed by atoms with Crippen molar-refractivity contribution in [3.63, 3.8) is 0 Å². The fourth-order valence-electron chi connectivity index (χ4n) is 2.02. The minimum atomic E-state index is -0.452. The van der Waals surface area contributed by atoms with E-state index in [1.54, 1.807) is 0 Å². The average molecular weight is 244 g/mol. The lowest BCUT2D eigenvalue weighted by Crippen LogP contribution is -2.47. The lowest BCUT2D eigenvalue weighted by atomic mass is 9.77. The first-order valence-electron chi connectivity index (χ1n) is 6.16. The van der Waals surface area contributed by atoms with Crippen LogP contribution in [0.4, 0.5) is 4.79 Å². The van der Waals surface area contributed by atoms with Crippen LogP contribution in [0.25, 0.3) is 0 Å². The number of alkyl carbamates (subject to hydrolysis) is 1. The van der Waals surface area contributed by atoms with Gasteiger partial charge in [0.05, 0.1) is 6.61 Å². The smallest absolute Gasteiger partial charge is 0.407 e. The van der Waals surface area contributed by atoms with Crippen LogP contribution in [0, 0.1) is 5.92 Å². The topological polar surface area (TPSA) is 84.6 Å². The summed E-state index contributed by atoms with van der Waals surface area (Å²) in [6, 6.07) is 0.0585. The predicted octanol–water partition coefficient (Wildman–Crippen LogP) is 0.999. The van der Waals surface area contributed by atoms with Crippen LogP contribution in [0.2, 0.25) is 0 Å². The summed E-state index contributed by atoms with van der Waals surface area (Å²) in [5.74, 6) is 0.511. The Morgan fingerprint density at radius 3 is 2.59 bits per heavy atom. The molecule has 0 aliphatic heterocycles.